The van der Waals surface area contributed by atoms with Gasteiger partial charge in [0, 0.05) is 19.2 Å². The molecule has 128 valence electrons. The second-order valence-electron chi connectivity index (χ2n) is 5.82. The van der Waals surface area contributed by atoms with Crippen LogP contribution in [-0.4, -0.2) is 32.8 Å². The number of carbonyl (C=O) groups is 1. The Kier molecular flexibility index (Phi) is 4.72. The number of aliphatic hydroxyl groups is 2. The largest absolute Gasteiger partial charge is 0.545 e. The predicted octanol–water partition coefficient (Wildman–Crippen LogP) is -1.40. The van der Waals surface area contributed by atoms with Gasteiger partial charge in [-0.15, -0.1) is 0 Å². The number of carboxylic acid groups (broad SMARTS) is 1. The van der Waals surface area contributed by atoms with Gasteiger partial charge in [0.05, 0.1) is 12.2 Å². The van der Waals surface area contributed by atoms with Gasteiger partial charge in [-0.3, -0.25) is 5.32 Å². The lowest BCUT2D eigenvalue weighted by atomic mass is 9.85. The number of anilines is 2. The molecule has 8 heteroatoms. The average molecular weight is 332 g/mol. The van der Waals surface area contributed by atoms with E-state index >= 15 is 0 Å². The first-order valence-corrected chi connectivity index (χ1v) is 7.27. The SMILES string of the molecule is CC1(C(=O)[O-])Nc2cccc[n+]2C(C)(O)C1O.Nc1ccccn1. The summed E-state index contributed by atoms with van der Waals surface area (Å²) in [6, 6.07) is 10.4. The molecule has 0 aliphatic carbocycles. The maximum absolute atomic E-state index is 11.1. The summed E-state index contributed by atoms with van der Waals surface area (Å²) in [6.07, 6.45) is 1.68. The number of hydrogen-bond donors (Lipinski definition) is 4. The number of nitrogens with one attached hydrogen (secondary N) is 1. The molecule has 0 spiro atoms. The molecule has 1 aliphatic heterocycles. The topological polar surface area (TPSA) is 135 Å². The molecule has 0 fully saturated rings. The zero-order chi connectivity index (χ0) is 18.0. The Hall–Kier alpha value is -2.71. The van der Waals surface area contributed by atoms with Crippen molar-refractivity contribution in [3.8, 4) is 0 Å². The van der Waals surface area contributed by atoms with Crippen LogP contribution in [0, 0.1) is 0 Å². The lowest BCUT2D eigenvalue weighted by molar-refractivity contribution is -0.806. The van der Waals surface area contributed by atoms with Gasteiger partial charge in [-0.1, -0.05) is 12.1 Å². The number of aliphatic hydroxyl groups excluding tert-OH is 1. The van der Waals surface area contributed by atoms with Crippen LogP contribution in [0.5, 0.6) is 0 Å². The molecule has 8 nitrogen and oxygen atoms in total. The molecule has 0 aromatic carbocycles. The van der Waals surface area contributed by atoms with Crippen molar-refractivity contribution in [1.29, 1.82) is 0 Å². The summed E-state index contributed by atoms with van der Waals surface area (Å²) in [5, 5.41) is 34.1. The summed E-state index contributed by atoms with van der Waals surface area (Å²) >= 11 is 0. The Morgan fingerprint density at radius 2 is 2.00 bits per heavy atom. The Labute approximate surface area is 139 Å². The molecule has 3 atom stereocenters. The Bertz CT molecular complexity index is 723. The maximum Gasteiger partial charge on any atom is 0.277 e. The van der Waals surface area contributed by atoms with Gasteiger partial charge < -0.3 is 25.8 Å². The van der Waals surface area contributed by atoms with Gasteiger partial charge >= 0.3 is 0 Å². The maximum atomic E-state index is 11.1. The number of pyridine rings is 2. The summed E-state index contributed by atoms with van der Waals surface area (Å²) in [6.45, 7) is 2.63. The number of nitrogens with two attached hydrogens (primary N) is 1. The van der Waals surface area contributed by atoms with Gasteiger partial charge in [-0.05, 0) is 25.1 Å². The van der Waals surface area contributed by atoms with Crippen LogP contribution in [0.1, 0.15) is 13.8 Å². The van der Waals surface area contributed by atoms with E-state index in [-0.39, 0.29) is 0 Å². The molecule has 5 N–H and O–H groups in total. The number of nitrogens with zero attached hydrogens (tertiary/aromatic N) is 2. The van der Waals surface area contributed by atoms with E-state index in [1.807, 2.05) is 12.1 Å². The standard InChI is InChI=1S/C11H14N2O4.C5H6N2/c1-10(9(15)16)8(14)11(2,17)13-6-4-3-5-7(13)12-10;6-5-3-1-2-4-7-5/h3-6,8,14,17H,1-2H3,(H,15,16);1-4H,(H2,6,7). The normalized spacial score (nSPS) is 27.9. The molecule has 0 saturated heterocycles. The molecule has 0 bridgehead atoms. The number of hydrogen-bond acceptors (Lipinski definition) is 7. The molecule has 0 radical (unpaired) electrons. The van der Waals surface area contributed by atoms with Crippen molar-refractivity contribution in [2.24, 2.45) is 0 Å². The van der Waals surface area contributed by atoms with Gasteiger partial charge in [0.15, 0.2) is 11.6 Å². The fourth-order valence-electron chi connectivity index (χ4n) is 2.49. The first-order valence-electron chi connectivity index (χ1n) is 7.27. The quantitative estimate of drug-likeness (QED) is 0.472. The molecule has 3 unspecified atom stereocenters. The number of rotatable bonds is 1. The molecular formula is C16H20N4O4. The van der Waals surface area contributed by atoms with Gasteiger partial charge in [-0.25, -0.2) is 9.55 Å². The number of aliphatic carboxylic acids is 1. The molecule has 1 aliphatic rings. The fraction of sp³-hybridized carbons (Fsp3) is 0.312. The fourth-order valence-corrected chi connectivity index (χ4v) is 2.49. The smallest absolute Gasteiger partial charge is 0.277 e. The minimum Gasteiger partial charge on any atom is -0.545 e. The van der Waals surface area contributed by atoms with Gasteiger partial charge in [-0.2, -0.15) is 0 Å². The molecular weight excluding hydrogens is 312 g/mol. The summed E-state index contributed by atoms with van der Waals surface area (Å²) in [5.74, 6) is -0.502. The Balaban J connectivity index is 0.000000249. The van der Waals surface area contributed by atoms with Crippen molar-refractivity contribution in [2.45, 2.75) is 31.2 Å². The number of carbonyl (C=O) groups excluding carboxylic acids is 1. The number of aromatic nitrogens is 2. The zero-order valence-corrected chi connectivity index (χ0v) is 13.4. The van der Waals surface area contributed by atoms with E-state index in [2.05, 4.69) is 10.3 Å². The summed E-state index contributed by atoms with van der Waals surface area (Å²) in [7, 11) is 0. The third-order valence-electron chi connectivity index (χ3n) is 3.91. The summed E-state index contributed by atoms with van der Waals surface area (Å²) in [5.41, 5.74) is 1.78. The molecule has 3 rings (SSSR count). The van der Waals surface area contributed by atoms with Crippen LogP contribution in [0.4, 0.5) is 11.6 Å². The lowest BCUT2D eigenvalue weighted by Crippen LogP contribution is -2.77. The third kappa shape index (κ3) is 3.15. The van der Waals surface area contributed by atoms with Crippen LogP contribution in [0.3, 0.4) is 0 Å². The van der Waals surface area contributed by atoms with Crippen molar-refractivity contribution in [3.05, 3.63) is 48.8 Å². The highest BCUT2D eigenvalue weighted by Crippen LogP contribution is 2.30. The van der Waals surface area contributed by atoms with E-state index in [0.717, 1.165) is 0 Å². The average Bonchev–Trinajstić information content (AvgIpc) is 2.54. The predicted molar refractivity (Wildman–Crippen MR) is 84.2 cm³/mol. The lowest BCUT2D eigenvalue weighted by Gasteiger charge is -2.43. The van der Waals surface area contributed by atoms with Crippen LogP contribution < -0.4 is 20.7 Å². The van der Waals surface area contributed by atoms with Crippen LogP contribution in [0.25, 0.3) is 0 Å². The minimum absolute atomic E-state index is 0.398. The van der Waals surface area contributed by atoms with Crippen molar-refractivity contribution < 1.29 is 24.7 Å². The van der Waals surface area contributed by atoms with Gasteiger partial charge in [0.1, 0.15) is 5.82 Å². The number of nitrogen functional groups attached to an aromatic ring is 1. The number of carboxylic acids is 1. The first-order chi connectivity index (χ1) is 11.2. The zero-order valence-electron chi connectivity index (χ0n) is 13.4. The molecule has 2 aromatic heterocycles. The number of fused-ring (bicyclic) bond motifs is 1. The molecule has 3 heterocycles. The Morgan fingerprint density at radius 3 is 2.50 bits per heavy atom. The van der Waals surface area contributed by atoms with Crippen LogP contribution in [0.15, 0.2) is 48.8 Å². The van der Waals surface area contributed by atoms with E-state index in [1.54, 1.807) is 36.7 Å². The van der Waals surface area contributed by atoms with Gasteiger partial charge in [0.2, 0.25) is 5.72 Å². The van der Waals surface area contributed by atoms with Crippen LogP contribution in [0.2, 0.25) is 0 Å². The van der Waals surface area contributed by atoms with Crippen molar-refractivity contribution in [3.63, 3.8) is 0 Å². The van der Waals surface area contributed by atoms with Crippen LogP contribution >= 0.6 is 0 Å². The highest BCUT2D eigenvalue weighted by Gasteiger charge is 2.57. The van der Waals surface area contributed by atoms with E-state index in [4.69, 9.17) is 5.73 Å². The molecule has 0 saturated carbocycles. The van der Waals surface area contributed by atoms with Crippen LogP contribution in [-0.2, 0) is 10.5 Å². The van der Waals surface area contributed by atoms with Crippen molar-refractivity contribution in [2.75, 3.05) is 11.1 Å². The summed E-state index contributed by atoms with van der Waals surface area (Å²) < 4.78 is 1.38. The third-order valence-corrected chi connectivity index (χ3v) is 3.91. The Morgan fingerprint density at radius 1 is 1.33 bits per heavy atom. The summed E-state index contributed by atoms with van der Waals surface area (Å²) in [4.78, 5) is 14.9. The minimum atomic E-state index is -1.75. The van der Waals surface area contributed by atoms with E-state index < -0.39 is 23.3 Å². The molecule has 24 heavy (non-hydrogen) atoms. The first kappa shape index (κ1) is 17.6. The highest BCUT2D eigenvalue weighted by molar-refractivity contribution is 5.81. The second kappa shape index (κ2) is 6.42. The molecule has 2 aromatic rings. The monoisotopic (exact) mass is 332 g/mol. The van der Waals surface area contributed by atoms with Gasteiger partial charge in [0.25, 0.3) is 5.82 Å². The highest BCUT2D eigenvalue weighted by atomic mass is 16.4. The van der Waals surface area contributed by atoms with E-state index in [0.29, 0.717) is 11.6 Å². The van der Waals surface area contributed by atoms with E-state index in [1.165, 1.54) is 18.4 Å². The van der Waals surface area contributed by atoms with Crippen molar-refractivity contribution >= 4 is 17.6 Å². The van der Waals surface area contributed by atoms with E-state index in [9.17, 15) is 20.1 Å². The second-order valence-corrected chi connectivity index (χ2v) is 5.82. The molecule has 0 amide bonds. The van der Waals surface area contributed by atoms with Crippen molar-refractivity contribution in [1.82, 2.24) is 4.98 Å².